The number of hydrogen-bond acceptors (Lipinski definition) is 3. The van der Waals surface area contributed by atoms with Crippen LogP contribution in [0.1, 0.15) is 50.5 Å². The summed E-state index contributed by atoms with van der Waals surface area (Å²) in [5, 5.41) is 10.4. The average Bonchev–Trinajstić information content (AvgIpc) is 2.67. The zero-order valence-corrected chi connectivity index (χ0v) is 17.2. The summed E-state index contributed by atoms with van der Waals surface area (Å²) < 4.78 is 28.2. The number of unbranched alkanes of at least 4 members (excludes halogenated alkanes) is 3. The van der Waals surface area contributed by atoms with E-state index in [2.05, 4.69) is 11.6 Å². The number of aliphatic hydroxyl groups is 1. The fourth-order valence-corrected chi connectivity index (χ4v) is 4.61. The van der Waals surface area contributed by atoms with E-state index >= 15 is 0 Å². The standard InChI is InChI=1S/C21H28ClNO3S/c1-2-3-4-8-11-20(17-9-6-5-7-10-17)21(16-24)23-27(25,26)19-14-12-18(22)13-15-19/h5-7,9-10,12-15,20-21,23-24H,2-4,8,11,16H2,1H3/t20-,21-/m1/s1. The molecular formula is C21H28ClNO3S. The molecule has 0 heterocycles. The fourth-order valence-electron chi connectivity index (χ4n) is 3.22. The van der Waals surface area contributed by atoms with E-state index in [4.69, 9.17) is 11.6 Å². The monoisotopic (exact) mass is 409 g/mol. The van der Waals surface area contributed by atoms with Gasteiger partial charge in [0.25, 0.3) is 0 Å². The minimum Gasteiger partial charge on any atom is -0.395 e. The predicted molar refractivity (Wildman–Crippen MR) is 111 cm³/mol. The van der Waals surface area contributed by atoms with Crippen molar-refractivity contribution in [2.45, 2.75) is 55.9 Å². The smallest absolute Gasteiger partial charge is 0.240 e. The number of nitrogens with one attached hydrogen (secondary N) is 1. The van der Waals surface area contributed by atoms with Gasteiger partial charge in [-0.25, -0.2) is 13.1 Å². The highest BCUT2D eigenvalue weighted by Gasteiger charge is 2.27. The molecule has 0 aromatic heterocycles. The van der Waals surface area contributed by atoms with Crippen LogP contribution in [0.15, 0.2) is 59.5 Å². The van der Waals surface area contributed by atoms with Gasteiger partial charge in [-0.15, -0.1) is 0 Å². The van der Waals surface area contributed by atoms with Gasteiger partial charge >= 0.3 is 0 Å². The first kappa shape index (κ1) is 21.9. The molecular weight excluding hydrogens is 382 g/mol. The number of hydrogen-bond donors (Lipinski definition) is 2. The highest BCUT2D eigenvalue weighted by atomic mass is 35.5. The molecule has 2 N–H and O–H groups in total. The molecule has 0 amide bonds. The highest BCUT2D eigenvalue weighted by molar-refractivity contribution is 7.89. The molecule has 0 saturated carbocycles. The van der Waals surface area contributed by atoms with Crippen molar-refractivity contribution < 1.29 is 13.5 Å². The first-order valence-corrected chi connectivity index (χ1v) is 11.3. The van der Waals surface area contributed by atoms with Gasteiger partial charge in [0.1, 0.15) is 0 Å². The normalized spacial score (nSPS) is 14.0. The van der Waals surface area contributed by atoms with Crippen LogP contribution in [0.5, 0.6) is 0 Å². The van der Waals surface area contributed by atoms with Crippen LogP contribution < -0.4 is 4.72 Å². The lowest BCUT2D eigenvalue weighted by atomic mass is 9.87. The maximum atomic E-state index is 12.8. The molecule has 0 aliphatic rings. The first-order valence-electron chi connectivity index (χ1n) is 9.41. The van der Waals surface area contributed by atoms with E-state index < -0.39 is 16.1 Å². The molecule has 148 valence electrons. The largest absolute Gasteiger partial charge is 0.395 e. The van der Waals surface area contributed by atoms with Gasteiger partial charge in [0, 0.05) is 10.9 Å². The molecule has 4 nitrogen and oxygen atoms in total. The van der Waals surface area contributed by atoms with Crippen LogP contribution in [0.4, 0.5) is 0 Å². The summed E-state index contributed by atoms with van der Waals surface area (Å²) in [4.78, 5) is 0.142. The minimum atomic E-state index is -3.75. The zero-order chi connectivity index (χ0) is 19.7. The van der Waals surface area contributed by atoms with Gasteiger partial charge in [-0.3, -0.25) is 0 Å². The van der Waals surface area contributed by atoms with Gasteiger partial charge < -0.3 is 5.11 Å². The molecule has 2 atom stereocenters. The van der Waals surface area contributed by atoms with Crippen LogP contribution in [0.25, 0.3) is 0 Å². The van der Waals surface area contributed by atoms with Crippen molar-refractivity contribution in [3.63, 3.8) is 0 Å². The van der Waals surface area contributed by atoms with E-state index in [0.29, 0.717) is 5.02 Å². The topological polar surface area (TPSA) is 66.4 Å². The third-order valence-corrected chi connectivity index (χ3v) is 6.47. The second kappa shape index (κ2) is 10.8. The Balaban J connectivity index is 2.21. The number of benzene rings is 2. The molecule has 0 aliphatic heterocycles. The second-order valence-corrected chi connectivity index (χ2v) is 8.88. The van der Waals surface area contributed by atoms with Crippen molar-refractivity contribution >= 4 is 21.6 Å². The fraction of sp³-hybridized carbons (Fsp3) is 0.429. The summed E-state index contributed by atoms with van der Waals surface area (Å²) >= 11 is 5.85. The molecule has 0 saturated heterocycles. The molecule has 0 unspecified atom stereocenters. The van der Waals surface area contributed by atoms with Gasteiger partial charge in [0.05, 0.1) is 17.5 Å². The number of halogens is 1. The molecule has 6 heteroatoms. The van der Waals surface area contributed by atoms with Crippen LogP contribution in [0.3, 0.4) is 0 Å². The molecule has 2 aromatic carbocycles. The van der Waals surface area contributed by atoms with Crippen molar-refractivity contribution in [3.8, 4) is 0 Å². The van der Waals surface area contributed by atoms with E-state index in [-0.39, 0.29) is 17.4 Å². The molecule has 27 heavy (non-hydrogen) atoms. The maximum Gasteiger partial charge on any atom is 0.240 e. The average molecular weight is 410 g/mol. The number of sulfonamides is 1. The summed E-state index contributed by atoms with van der Waals surface area (Å²) in [5.41, 5.74) is 1.03. The molecule has 0 spiro atoms. The van der Waals surface area contributed by atoms with E-state index in [0.717, 1.165) is 37.7 Å². The highest BCUT2D eigenvalue weighted by Crippen LogP contribution is 2.27. The van der Waals surface area contributed by atoms with Crippen LogP contribution >= 0.6 is 11.6 Å². The van der Waals surface area contributed by atoms with Crippen LogP contribution in [-0.4, -0.2) is 26.2 Å². The van der Waals surface area contributed by atoms with Crippen molar-refractivity contribution in [1.29, 1.82) is 0 Å². The van der Waals surface area contributed by atoms with Crippen molar-refractivity contribution in [2.24, 2.45) is 0 Å². The summed E-state index contributed by atoms with van der Waals surface area (Å²) in [6.45, 7) is 1.89. The second-order valence-electron chi connectivity index (χ2n) is 6.73. The Hall–Kier alpha value is -1.40. The van der Waals surface area contributed by atoms with Crippen molar-refractivity contribution in [3.05, 3.63) is 65.2 Å². The quantitative estimate of drug-likeness (QED) is 0.527. The summed E-state index contributed by atoms with van der Waals surface area (Å²) in [7, 11) is -3.75. The number of rotatable bonds is 11. The van der Waals surface area contributed by atoms with Crippen LogP contribution in [0.2, 0.25) is 5.02 Å². The van der Waals surface area contributed by atoms with E-state index in [9.17, 15) is 13.5 Å². The van der Waals surface area contributed by atoms with Crippen LogP contribution in [-0.2, 0) is 10.0 Å². The lowest BCUT2D eigenvalue weighted by Crippen LogP contribution is -2.41. The molecule has 0 bridgehead atoms. The predicted octanol–water partition coefficient (Wildman–Crippen LogP) is 4.73. The Morgan fingerprint density at radius 1 is 1.00 bits per heavy atom. The van der Waals surface area contributed by atoms with Gasteiger partial charge in [0.2, 0.25) is 10.0 Å². The SMILES string of the molecule is CCCCCC[C@H](c1ccccc1)[C@@H](CO)NS(=O)(=O)c1ccc(Cl)cc1. The van der Waals surface area contributed by atoms with Crippen LogP contribution in [0, 0.1) is 0 Å². The van der Waals surface area contributed by atoms with Gasteiger partial charge in [-0.1, -0.05) is 74.5 Å². The van der Waals surface area contributed by atoms with Gasteiger partial charge in [-0.05, 0) is 36.2 Å². The Kier molecular flexibility index (Phi) is 8.77. The Bertz CT molecular complexity index is 779. The van der Waals surface area contributed by atoms with Gasteiger partial charge in [0.15, 0.2) is 0 Å². The zero-order valence-electron chi connectivity index (χ0n) is 15.6. The Morgan fingerprint density at radius 3 is 2.26 bits per heavy atom. The summed E-state index contributed by atoms with van der Waals surface area (Å²) in [6, 6.07) is 15.2. The summed E-state index contributed by atoms with van der Waals surface area (Å²) in [6.07, 6.45) is 5.21. The first-order chi connectivity index (χ1) is 13.0. The van der Waals surface area contributed by atoms with E-state index in [1.165, 1.54) is 12.1 Å². The minimum absolute atomic E-state index is 0.0878. The van der Waals surface area contributed by atoms with Gasteiger partial charge in [-0.2, -0.15) is 0 Å². The van der Waals surface area contributed by atoms with Crippen molar-refractivity contribution in [2.75, 3.05) is 6.61 Å². The lowest BCUT2D eigenvalue weighted by Gasteiger charge is -2.27. The molecule has 0 radical (unpaired) electrons. The van der Waals surface area contributed by atoms with E-state index in [1.54, 1.807) is 12.1 Å². The summed E-state index contributed by atoms with van der Waals surface area (Å²) in [5.74, 6) is -0.0878. The molecule has 0 aliphatic carbocycles. The Labute approximate surface area is 167 Å². The van der Waals surface area contributed by atoms with Crippen molar-refractivity contribution in [1.82, 2.24) is 4.72 Å². The lowest BCUT2D eigenvalue weighted by molar-refractivity contribution is 0.233. The third kappa shape index (κ3) is 6.61. The molecule has 2 rings (SSSR count). The third-order valence-electron chi connectivity index (χ3n) is 4.71. The molecule has 0 fully saturated rings. The van der Waals surface area contributed by atoms with E-state index in [1.807, 2.05) is 30.3 Å². The number of aliphatic hydroxyl groups excluding tert-OH is 1. The Morgan fingerprint density at radius 2 is 1.67 bits per heavy atom. The maximum absolute atomic E-state index is 12.8. The molecule has 2 aromatic rings.